The topological polar surface area (TPSA) is 106 Å². The molecular formula is C30H28N2O7S. The minimum absolute atomic E-state index is 0.0181. The molecule has 0 spiro atoms. The molecular weight excluding hydrogens is 532 g/mol. The summed E-state index contributed by atoms with van der Waals surface area (Å²) in [7, 11) is -2.59. The Hall–Kier alpha value is -4.41. The van der Waals surface area contributed by atoms with Crippen LogP contribution in [0.25, 0.3) is 21.8 Å². The van der Waals surface area contributed by atoms with Gasteiger partial charge in [0.05, 0.1) is 46.3 Å². The maximum absolute atomic E-state index is 14.1. The molecule has 0 saturated carbocycles. The molecule has 0 N–H and O–H groups in total. The van der Waals surface area contributed by atoms with Crippen molar-refractivity contribution < 1.29 is 32.2 Å². The number of carbonyl (C=O) groups is 1. The van der Waals surface area contributed by atoms with Crippen LogP contribution >= 0.6 is 0 Å². The second kappa shape index (κ2) is 11.4. The highest BCUT2D eigenvalue weighted by molar-refractivity contribution is 7.90. The van der Waals surface area contributed by atoms with Crippen LogP contribution in [0.3, 0.4) is 0 Å². The van der Waals surface area contributed by atoms with Crippen molar-refractivity contribution in [3.63, 3.8) is 0 Å². The lowest BCUT2D eigenvalue weighted by Crippen LogP contribution is -2.14. The van der Waals surface area contributed by atoms with Crippen LogP contribution in [0.2, 0.25) is 0 Å². The van der Waals surface area contributed by atoms with E-state index in [1.165, 1.54) is 17.3 Å². The predicted octanol–water partition coefficient (Wildman–Crippen LogP) is 6.00. The molecule has 40 heavy (non-hydrogen) atoms. The van der Waals surface area contributed by atoms with Gasteiger partial charge in [0.25, 0.3) is 10.0 Å². The zero-order valence-electron chi connectivity index (χ0n) is 22.3. The lowest BCUT2D eigenvalue weighted by Gasteiger charge is -2.12. The molecule has 2 heterocycles. The molecule has 2 aromatic heterocycles. The van der Waals surface area contributed by atoms with Crippen molar-refractivity contribution in [1.29, 1.82) is 0 Å². The van der Waals surface area contributed by atoms with Crippen molar-refractivity contribution >= 4 is 38.0 Å². The molecule has 10 heteroatoms. The summed E-state index contributed by atoms with van der Waals surface area (Å²) in [4.78, 5) is 16.7. The van der Waals surface area contributed by atoms with Crippen LogP contribution in [0.1, 0.15) is 23.6 Å². The fourth-order valence-electron chi connectivity index (χ4n) is 4.55. The lowest BCUT2D eigenvalue weighted by molar-refractivity contribution is 0.101. The third kappa shape index (κ3) is 5.11. The Balaban J connectivity index is 1.80. The first-order valence-corrected chi connectivity index (χ1v) is 14.1. The van der Waals surface area contributed by atoms with Crippen molar-refractivity contribution in [3.05, 3.63) is 95.7 Å². The van der Waals surface area contributed by atoms with Gasteiger partial charge in [-0.25, -0.2) is 22.2 Å². The number of methoxy groups -OCH3 is 1. The van der Waals surface area contributed by atoms with E-state index in [9.17, 15) is 13.2 Å². The summed E-state index contributed by atoms with van der Waals surface area (Å²) in [5.41, 5.74) is 2.93. The normalized spacial score (nSPS) is 11.6. The Morgan fingerprint density at radius 2 is 1.65 bits per heavy atom. The van der Waals surface area contributed by atoms with Gasteiger partial charge in [-0.05, 0) is 43.7 Å². The van der Waals surface area contributed by atoms with Crippen molar-refractivity contribution in [2.75, 3.05) is 13.7 Å². The third-order valence-corrected chi connectivity index (χ3v) is 8.08. The van der Waals surface area contributed by atoms with Crippen molar-refractivity contribution in [1.82, 2.24) is 8.96 Å². The number of pyridine rings is 1. The van der Waals surface area contributed by atoms with E-state index in [1.807, 2.05) is 37.3 Å². The third-order valence-electron chi connectivity index (χ3n) is 6.34. The Labute approximate surface area is 231 Å². The molecule has 0 unspecified atom stereocenters. The van der Waals surface area contributed by atoms with Gasteiger partial charge in [0.15, 0.2) is 0 Å². The van der Waals surface area contributed by atoms with Gasteiger partial charge < -0.3 is 18.9 Å². The number of aromatic nitrogens is 2. The molecule has 3 aromatic carbocycles. The first-order chi connectivity index (χ1) is 19.3. The molecule has 0 atom stereocenters. The monoisotopic (exact) mass is 560 g/mol. The predicted molar refractivity (Wildman–Crippen MR) is 150 cm³/mol. The summed E-state index contributed by atoms with van der Waals surface area (Å²) in [6, 6.07) is 21.5. The van der Waals surface area contributed by atoms with E-state index in [4.69, 9.17) is 18.9 Å². The first kappa shape index (κ1) is 27.2. The highest BCUT2D eigenvalue weighted by Crippen LogP contribution is 2.42. The van der Waals surface area contributed by atoms with Gasteiger partial charge in [-0.15, -0.1) is 0 Å². The summed E-state index contributed by atoms with van der Waals surface area (Å²) in [6.07, 6.45) is 0.443. The molecule has 0 aliphatic rings. The number of ether oxygens (including phenoxy) is 4. The molecule has 0 radical (unpaired) electrons. The van der Waals surface area contributed by atoms with E-state index in [1.54, 1.807) is 49.4 Å². The van der Waals surface area contributed by atoms with Gasteiger partial charge >= 0.3 is 6.16 Å². The molecule has 5 rings (SSSR count). The summed E-state index contributed by atoms with van der Waals surface area (Å²) in [5, 5.41) is 0.998. The average Bonchev–Trinajstić information content (AvgIpc) is 3.30. The van der Waals surface area contributed by atoms with Gasteiger partial charge in [0.2, 0.25) is 5.88 Å². The van der Waals surface area contributed by atoms with Crippen LogP contribution in [-0.2, 0) is 32.7 Å². The van der Waals surface area contributed by atoms with Crippen LogP contribution in [-0.4, -0.2) is 37.2 Å². The van der Waals surface area contributed by atoms with E-state index in [0.717, 1.165) is 11.1 Å². The van der Waals surface area contributed by atoms with Crippen molar-refractivity contribution in [2.24, 2.45) is 0 Å². The zero-order chi connectivity index (χ0) is 28.3. The Morgan fingerprint density at radius 3 is 2.35 bits per heavy atom. The number of hydrogen-bond acceptors (Lipinski definition) is 8. The Bertz CT molecular complexity index is 1780. The maximum atomic E-state index is 14.1. The fourth-order valence-corrected chi connectivity index (χ4v) is 6.05. The van der Waals surface area contributed by atoms with Crippen molar-refractivity contribution in [3.8, 4) is 11.6 Å². The van der Waals surface area contributed by atoms with Gasteiger partial charge in [0, 0.05) is 12.5 Å². The Morgan fingerprint density at radius 1 is 0.900 bits per heavy atom. The first-order valence-electron chi connectivity index (χ1n) is 12.6. The molecule has 5 aromatic rings. The second-order valence-electron chi connectivity index (χ2n) is 9.03. The largest absolute Gasteiger partial charge is 0.515 e. The second-order valence-corrected chi connectivity index (χ2v) is 10.8. The maximum Gasteiger partial charge on any atom is 0.515 e. The molecule has 206 valence electrons. The minimum atomic E-state index is -4.08. The molecule has 9 nitrogen and oxygen atoms in total. The quantitative estimate of drug-likeness (QED) is 0.202. The highest BCUT2D eigenvalue weighted by Gasteiger charge is 2.29. The smallest absolute Gasteiger partial charge is 0.488 e. The fraction of sp³-hybridized carbons (Fsp3) is 0.200. The number of benzene rings is 3. The highest BCUT2D eigenvalue weighted by atomic mass is 32.2. The number of aryl methyl sites for hydroxylation is 1. The summed E-state index contributed by atoms with van der Waals surface area (Å²) >= 11 is 0. The minimum Gasteiger partial charge on any atom is -0.488 e. The van der Waals surface area contributed by atoms with Crippen LogP contribution in [0, 0.1) is 6.92 Å². The standard InChI is InChI=1S/C30H28N2O7S/c1-4-37-30(33)39-29-23(19-36-3)27-25(17-31-29)32(40(34,35)22-15-13-20(2)14-16-22)24-11-8-12-26(28(24)27)38-18-21-9-6-5-7-10-21/h5-17H,4,18-19H2,1-3H3. The van der Waals surface area contributed by atoms with E-state index < -0.39 is 16.2 Å². The number of carbonyl (C=O) groups excluding carboxylic acids is 1. The molecule has 0 bridgehead atoms. The summed E-state index contributed by atoms with van der Waals surface area (Å²) < 4.78 is 51.5. The molecule has 0 aliphatic heterocycles. The molecule has 0 saturated heterocycles. The number of nitrogens with zero attached hydrogens (tertiary/aromatic N) is 2. The number of hydrogen-bond donors (Lipinski definition) is 0. The van der Waals surface area contributed by atoms with Crippen LogP contribution < -0.4 is 9.47 Å². The van der Waals surface area contributed by atoms with Gasteiger partial charge in [-0.1, -0.05) is 54.1 Å². The van der Waals surface area contributed by atoms with E-state index in [-0.39, 0.29) is 36.1 Å². The zero-order valence-corrected chi connectivity index (χ0v) is 23.1. The molecule has 0 fully saturated rings. The van der Waals surface area contributed by atoms with Gasteiger partial charge in [0.1, 0.15) is 12.4 Å². The Kier molecular flexibility index (Phi) is 7.72. The molecule has 0 amide bonds. The van der Waals surface area contributed by atoms with Crippen molar-refractivity contribution in [2.45, 2.75) is 32.0 Å². The van der Waals surface area contributed by atoms with Gasteiger partial charge in [-0.2, -0.15) is 0 Å². The van der Waals surface area contributed by atoms with Gasteiger partial charge in [-0.3, -0.25) is 0 Å². The van der Waals surface area contributed by atoms with E-state index in [0.29, 0.717) is 27.6 Å². The SMILES string of the molecule is CCOC(=O)Oc1ncc2c(c1COC)c1c(OCc3ccccc3)cccc1n2S(=O)(=O)c1ccc(C)cc1. The molecule has 0 aliphatic carbocycles. The van der Waals surface area contributed by atoms with E-state index >= 15 is 0 Å². The van der Waals surface area contributed by atoms with Crippen LogP contribution in [0.15, 0.2) is 83.9 Å². The number of rotatable bonds is 9. The van der Waals surface area contributed by atoms with E-state index in [2.05, 4.69) is 4.98 Å². The average molecular weight is 561 g/mol. The summed E-state index contributed by atoms with van der Waals surface area (Å²) in [6.45, 7) is 3.91. The lowest BCUT2D eigenvalue weighted by atomic mass is 10.1. The van der Waals surface area contributed by atoms with Crippen LogP contribution in [0.5, 0.6) is 11.6 Å². The summed E-state index contributed by atoms with van der Waals surface area (Å²) in [5.74, 6) is 0.410. The number of fused-ring (bicyclic) bond motifs is 3. The van der Waals surface area contributed by atoms with Crippen LogP contribution in [0.4, 0.5) is 4.79 Å².